The minimum absolute atomic E-state index is 0.304. The van der Waals surface area contributed by atoms with Crippen LogP contribution < -0.4 is 0 Å². The van der Waals surface area contributed by atoms with Crippen LogP contribution >= 0.6 is 0 Å². The van der Waals surface area contributed by atoms with E-state index in [-0.39, 0.29) is 0 Å². The third-order valence-corrected chi connectivity index (χ3v) is 3.00. The van der Waals surface area contributed by atoms with Crippen LogP contribution in [0.2, 0.25) is 0 Å². The van der Waals surface area contributed by atoms with E-state index in [1.807, 2.05) is 6.07 Å². The van der Waals surface area contributed by atoms with Gasteiger partial charge in [-0.3, -0.25) is 4.68 Å². The molecule has 5 heteroatoms. The van der Waals surface area contributed by atoms with Gasteiger partial charge < -0.3 is 0 Å². The third kappa shape index (κ3) is 2.52. The summed E-state index contributed by atoms with van der Waals surface area (Å²) in [5.41, 5.74) is 0.729. The number of aromatic nitrogens is 2. The lowest BCUT2D eigenvalue weighted by atomic mass is 10.1. The lowest BCUT2D eigenvalue weighted by Crippen LogP contribution is -2.07. The van der Waals surface area contributed by atoms with Crippen molar-refractivity contribution >= 4 is 10.9 Å². The molecule has 0 saturated carbocycles. The Morgan fingerprint density at radius 3 is 2.80 bits per heavy atom. The maximum absolute atomic E-state index is 12.6. The maximum Gasteiger partial charge on any atom is 0.416 e. The fraction of sp³-hybridized carbons (Fsp3) is 0.133. The molecule has 3 rings (SSSR count). The Bertz CT molecular complexity index is 711. The van der Waals surface area contributed by atoms with Crippen molar-refractivity contribution in [1.29, 1.82) is 0 Å². The first-order valence-corrected chi connectivity index (χ1v) is 6.02. The fourth-order valence-electron chi connectivity index (χ4n) is 2.07. The van der Waals surface area contributed by atoms with E-state index in [0.717, 1.165) is 23.0 Å². The van der Waals surface area contributed by atoms with Crippen LogP contribution in [0.1, 0.15) is 11.1 Å². The van der Waals surface area contributed by atoms with Crippen molar-refractivity contribution in [1.82, 2.24) is 9.78 Å². The molecule has 2 nitrogen and oxygen atoms in total. The molecular weight excluding hydrogens is 265 g/mol. The summed E-state index contributed by atoms with van der Waals surface area (Å²) >= 11 is 0. The standard InChI is InChI=1S/C15H10F3N2/c16-15(17,18)13-6-3-4-11(8-13)9-20-10-12-5-1-2-7-14(12)19-20/h2-8,10H,9H2. The van der Waals surface area contributed by atoms with Gasteiger partial charge in [0.1, 0.15) is 0 Å². The Balaban J connectivity index is 1.91. The Morgan fingerprint density at radius 2 is 2.05 bits per heavy atom. The molecule has 0 amide bonds. The van der Waals surface area contributed by atoms with Crippen molar-refractivity contribution in [2.45, 2.75) is 12.7 Å². The monoisotopic (exact) mass is 275 g/mol. The largest absolute Gasteiger partial charge is 0.416 e. The van der Waals surface area contributed by atoms with Crippen molar-refractivity contribution < 1.29 is 13.2 Å². The van der Waals surface area contributed by atoms with Gasteiger partial charge in [0.2, 0.25) is 0 Å². The third-order valence-electron chi connectivity index (χ3n) is 3.00. The van der Waals surface area contributed by atoms with E-state index >= 15 is 0 Å². The highest BCUT2D eigenvalue weighted by molar-refractivity contribution is 5.77. The molecule has 0 aliphatic heterocycles. The number of alkyl halides is 3. The fourth-order valence-corrected chi connectivity index (χ4v) is 2.07. The average Bonchev–Trinajstić information content (AvgIpc) is 2.80. The molecule has 0 spiro atoms. The zero-order chi connectivity index (χ0) is 14.2. The van der Waals surface area contributed by atoms with Crippen LogP contribution in [-0.4, -0.2) is 9.78 Å². The molecule has 20 heavy (non-hydrogen) atoms. The highest BCUT2D eigenvalue weighted by Crippen LogP contribution is 2.29. The number of hydrogen-bond donors (Lipinski definition) is 0. The number of nitrogens with zero attached hydrogens (tertiary/aromatic N) is 2. The molecule has 0 N–H and O–H groups in total. The van der Waals surface area contributed by atoms with Crippen LogP contribution in [0.5, 0.6) is 0 Å². The van der Waals surface area contributed by atoms with Crippen molar-refractivity contribution in [3.05, 3.63) is 65.9 Å². The Kier molecular flexibility index (Phi) is 2.97. The van der Waals surface area contributed by atoms with Gasteiger partial charge in [0.05, 0.1) is 17.6 Å². The van der Waals surface area contributed by atoms with E-state index < -0.39 is 11.7 Å². The Hall–Kier alpha value is -2.30. The minimum atomic E-state index is -4.32. The zero-order valence-electron chi connectivity index (χ0n) is 10.4. The minimum Gasteiger partial charge on any atom is -0.267 e. The second kappa shape index (κ2) is 4.67. The van der Waals surface area contributed by atoms with Gasteiger partial charge in [-0.1, -0.05) is 18.2 Å². The van der Waals surface area contributed by atoms with Crippen molar-refractivity contribution in [2.24, 2.45) is 0 Å². The molecule has 101 valence electrons. The quantitative estimate of drug-likeness (QED) is 0.693. The summed E-state index contributed by atoms with van der Waals surface area (Å²) in [5, 5.41) is 5.23. The van der Waals surface area contributed by atoms with Gasteiger partial charge in [-0.25, -0.2) is 0 Å². The summed E-state index contributed by atoms with van der Waals surface area (Å²) in [4.78, 5) is 0. The van der Waals surface area contributed by atoms with Gasteiger partial charge in [0.15, 0.2) is 0 Å². The molecule has 1 radical (unpaired) electrons. The van der Waals surface area contributed by atoms with Gasteiger partial charge in [0, 0.05) is 11.6 Å². The predicted molar refractivity (Wildman–Crippen MR) is 69.1 cm³/mol. The van der Waals surface area contributed by atoms with Crippen LogP contribution in [0.3, 0.4) is 0 Å². The molecule has 0 aliphatic carbocycles. The first-order valence-electron chi connectivity index (χ1n) is 6.02. The van der Waals surface area contributed by atoms with E-state index in [1.165, 1.54) is 6.07 Å². The Morgan fingerprint density at radius 1 is 1.20 bits per heavy atom. The number of hydrogen-bond acceptors (Lipinski definition) is 1. The average molecular weight is 275 g/mol. The summed E-state index contributed by atoms with van der Waals surface area (Å²) < 4.78 is 39.6. The van der Waals surface area contributed by atoms with Gasteiger partial charge in [-0.2, -0.15) is 18.3 Å². The predicted octanol–water partition coefficient (Wildman–Crippen LogP) is 3.90. The van der Waals surface area contributed by atoms with Crippen LogP contribution in [0, 0.1) is 6.07 Å². The second-order valence-corrected chi connectivity index (χ2v) is 4.51. The lowest BCUT2D eigenvalue weighted by molar-refractivity contribution is -0.137. The van der Waals surface area contributed by atoms with Gasteiger partial charge in [-0.15, -0.1) is 0 Å². The molecule has 0 aliphatic rings. The summed E-state index contributed by atoms with van der Waals surface area (Å²) in [6, 6.07) is 13.6. The van der Waals surface area contributed by atoms with Crippen LogP contribution in [0.15, 0.2) is 48.7 Å². The lowest BCUT2D eigenvalue weighted by Gasteiger charge is -2.08. The maximum atomic E-state index is 12.6. The van der Waals surface area contributed by atoms with Crippen molar-refractivity contribution in [3.8, 4) is 0 Å². The number of halogens is 3. The van der Waals surface area contributed by atoms with Gasteiger partial charge in [0.25, 0.3) is 0 Å². The first kappa shape index (κ1) is 12.7. The molecule has 1 heterocycles. The molecule has 1 aromatic heterocycles. The number of fused-ring (bicyclic) bond motifs is 1. The van der Waals surface area contributed by atoms with Crippen LogP contribution in [-0.2, 0) is 12.7 Å². The van der Waals surface area contributed by atoms with Crippen LogP contribution in [0.25, 0.3) is 10.9 Å². The summed E-state index contributed by atoms with van der Waals surface area (Å²) in [7, 11) is 0. The molecule has 3 aromatic rings. The van der Waals surface area contributed by atoms with E-state index in [2.05, 4.69) is 11.2 Å². The number of rotatable bonds is 2. The van der Waals surface area contributed by atoms with E-state index in [0.29, 0.717) is 12.1 Å². The normalized spacial score (nSPS) is 11.9. The molecule has 0 unspecified atom stereocenters. The molecule has 0 fully saturated rings. The highest BCUT2D eigenvalue weighted by atomic mass is 19.4. The summed E-state index contributed by atoms with van der Waals surface area (Å²) in [6.07, 6.45) is -2.52. The SMILES string of the molecule is FC(F)(F)c1cccc(Cn2cc3c[c]ccc3n2)c1. The van der Waals surface area contributed by atoms with E-state index in [9.17, 15) is 13.2 Å². The van der Waals surface area contributed by atoms with Crippen molar-refractivity contribution in [3.63, 3.8) is 0 Å². The second-order valence-electron chi connectivity index (χ2n) is 4.51. The molecule has 0 atom stereocenters. The van der Waals surface area contributed by atoms with Crippen LogP contribution in [0.4, 0.5) is 13.2 Å². The summed E-state index contributed by atoms with van der Waals surface area (Å²) in [6.45, 7) is 0.304. The molecular formula is C15H10F3N2. The number of benzene rings is 2. The van der Waals surface area contributed by atoms with Gasteiger partial charge in [-0.05, 0) is 35.9 Å². The molecule has 0 saturated heterocycles. The zero-order valence-corrected chi connectivity index (χ0v) is 10.4. The van der Waals surface area contributed by atoms with Crippen molar-refractivity contribution in [2.75, 3.05) is 0 Å². The molecule has 2 aromatic carbocycles. The summed E-state index contributed by atoms with van der Waals surface area (Å²) in [5.74, 6) is 0. The highest BCUT2D eigenvalue weighted by Gasteiger charge is 2.30. The smallest absolute Gasteiger partial charge is 0.267 e. The van der Waals surface area contributed by atoms with E-state index in [4.69, 9.17) is 0 Å². The van der Waals surface area contributed by atoms with Gasteiger partial charge >= 0.3 is 6.18 Å². The van der Waals surface area contributed by atoms with E-state index in [1.54, 1.807) is 29.1 Å². The Labute approximate surface area is 113 Å². The topological polar surface area (TPSA) is 17.8 Å². The molecule has 0 bridgehead atoms. The first-order chi connectivity index (χ1) is 9.52.